The number of amides is 2. The predicted octanol–water partition coefficient (Wildman–Crippen LogP) is 1.28. The van der Waals surface area contributed by atoms with Crippen molar-refractivity contribution in [3.05, 3.63) is 23.3 Å². The molecule has 6 nitrogen and oxygen atoms in total. The third-order valence-corrected chi connectivity index (χ3v) is 4.06. The molecule has 0 radical (unpaired) electrons. The lowest BCUT2D eigenvalue weighted by atomic mass is 10.1. The topological polar surface area (TPSA) is 101 Å². The number of sulfonamides is 1. The van der Waals surface area contributed by atoms with Gasteiger partial charge in [-0.05, 0) is 38.8 Å². The number of hydrogen-bond acceptors (Lipinski definition) is 4. The normalized spacial score (nSPS) is 11.4. The van der Waals surface area contributed by atoms with Crippen molar-refractivity contribution < 1.29 is 13.2 Å². The van der Waals surface area contributed by atoms with Crippen LogP contribution < -0.4 is 15.8 Å². The first-order valence-corrected chi connectivity index (χ1v) is 7.32. The number of benzene rings is 1. The van der Waals surface area contributed by atoms with E-state index in [9.17, 15) is 13.2 Å². The third kappa shape index (κ3) is 3.60. The summed E-state index contributed by atoms with van der Waals surface area (Å²) in [5.41, 5.74) is 7.09. The Morgan fingerprint density at radius 2 is 1.74 bits per heavy atom. The van der Waals surface area contributed by atoms with Gasteiger partial charge < -0.3 is 11.1 Å². The maximum Gasteiger partial charge on any atom is 0.328 e. The minimum Gasteiger partial charge on any atom is -0.397 e. The molecule has 0 saturated carbocycles. The van der Waals surface area contributed by atoms with E-state index in [1.807, 2.05) is 4.72 Å². The van der Waals surface area contributed by atoms with Crippen LogP contribution in [0.15, 0.2) is 17.0 Å². The standard InChI is InChI=1S/C12H19N3O3S/c1-7(2)14-12(16)15-19(17,18)11-9(4)6-5-8(3)10(11)13/h5-7H,13H2,1-4H3,(H2,14,15,16). The van der Waals surface area contributed by atoms with Gasteiger partial charge in [-0.1, -0.05) is 12.1 Å². The Hall–Kier alpha value is -1.76. The molecule has 106 valence electrons. The number of nitrogens with one attached hydrogen (secondary N) is 2. The Morgan fingerprint density at radius 3 is 2.26 bits per heavy atom. The van der Waals surface area contributed by atoms with Gasteiger partial charge in [-0.2, -0.15) is 0 Å². The van der Waals surface area contributed by atoms with Crippen LogP contribution in [-0.4, -0.2) is 20.5 Å². The van der Waals surface area contributed by atoms with Gasteiger partial charge >= 0.3 is 6.03 Å². The lowest BCUT2D eigenvalue weighted by molar-refractivity contribution is 0.243. The van der Waals surface area contributed by atoms with Crippen molar-refractivity contribution in [1.29, 1.82) is 0 Å². The quantitative estimate of drug-likeness (QED) is 0.728. The number of aryl methyl sites for hydroxylation is 2. The number of nitrogens with two attached hydrogens (primary N) is 1. The molecule has 19 heavy (non-hydrogen) atoms. The van der Waals surface area contributed by atoms with E-state index in [0.717, 1.165) is 0 Å². The summed E-state index contributed by atoms with van der Waals surface area (Å²) in [6.07, 6.45) is 0. The molecule has 4 N–H and O–H groups in total. The average Bonchev–Trinajstić information content (AvgIpc) is 2.21. The van der Waals surface area contributed by atoms with E-state index >= 15 is 0 Å². The highest BCUT2D eigenvalue weighted by Gasteiger charge is 2.23. The second kappa shape index (κ2) is 5.48. The Balaban J connectivity index is 3.15. The highest BCUT2D eigenvalue weighted by molar-refractivity contribution is 7.90. The molecule has 0 heterocycles. The molecule has 0 aliphatic heterocycles. The van der Waals surface area contributed by atoms with Crippen LogP contribution in [0.3, 0.4) is 0 Å². The highest BCUT2D eigenvalue weighted by Crippen LogP contribution is 2.25. The Labute approximate surface area is 113 Å². The molecule has 1 aromatic carbocycles. The molecule has 0 aliphatic carbocycles. The molecule has 0 aliphatic rings. The predicted molar refractivity (Wildman–Crippen MR) is 74.3 cm³/mol. The van der Waals surface area contributed by atoms with Crippen LogP contribution in [-0.2, 0) is 10.0 Å². The first kappa shape index (κ1) is 15.3. The van der Waals surface area contributed by atoms with Gasteiger partial charge in [0.25, 0.3) is 10.0 Å². The number of carbonyl (C=O) groups excluding carboxylic acids is 1. The number of hydrogen-bond donors (Lipinski definition) is 3. The summed E-state index contributed by atoms with van der Waals surface area (Å²) in [6, 6.07) is 2.46. The molecule has 1 aromatic rings. The maximum atomic E-state index is 12.2. The lowest BCUT2D eigenvalue weighted by Crippen LogP contribution is -2.42. The van der Waals surface area contributed by atoms with Crippen molar-refractivity contribution in [1.82, 2.24) is 10.0 Å². The molecule has 7 heteroatoms. The van der Waals surface area contributed by atoms with Gasteiger partial charge in [0.15, 0.2) is 0 Å². The van der Waals surface area contributed by atoms with Gasteiger partial charge in [-0.15, -0.1) is 0 Å². The number of nitrogen functional groups attached to an aromatic ring is 1. The Kier molecular flexibility index (Phi) is 4.41. The van der Waals surface area contributed by atoms with Crippen LogP contribution >= 0.6 is 0 Å². The molecule has 0 bridgehead atoms. The van der Waals surface area contributed by atoms with Gasteiger partial charge in [0.1, 0.15) is 4.90 Å². The van der Waals surface area contributed by atoms with Crippen molar-refractivity contribution in [2.75, 3.05) is 5.73 Å². The molecule has 0 atom stereocenters. The van der Waals surface area contributed by atoms with E-state index in [1.165, 1.54) is 0 Å². The number of urea groups is 1. The second-order valence-electron chi connectivity index (χ2n) is 4.68. The first-order valence-electron chi connectivity index (χ1n) is 5.84. The summed E-state index contributed by atoms with van der Waals surface area (Å²) in [7, 11) is -3.98. The van der Waals surface area contributed by atoms with E-state index in [-0.39, 0.29) is 16.6 Å². The minimum absolute atomic E-state index is 0.0496. The van der Waals surface area contributed by atoms with Crippen LogP contribution in [0.5, 0.6) is 0 Å². The fourth-order valence-electron chi connectivity index (χ4n) is 1.63. The van der Waals surface area contributed by atoms with E-state index < -0.39 is 16.1 Å². The summed E-state index contributed by atoms with van der Waals surface area (Å²) in [5.74, 6) is 0. The first-order chi connectivity index (χ1) is 8.65. The smallest absolute Gasteiger partial charge is 0.328 e. The molecule has 0 unspecified atom stereocenters. The number of carbonyl (C=O) groups is 1. The van der Waals surface area contributed by atoms with Gasteiger partial charge in [0, 0.05) is 6.04 Å². The van der Waals surface area contributed by atoms with Crippen molar-refractivity contribution in [2.24, 2.45) is 0 Å². The SMILES string of the molecule is Cc1ccc(C)c(S(=O)(=O)NC(=O)NC(C)C)c1N. The van der Waals surface area contributed by atoms with E-state index in [4.69, 9.17) is 5.73 Å². The van der Waals surface area contributed by atoms with Crippen LogP contribution in [0.2, 0.25) is 0 Å². The number of rotatable bonds is 3. The van der Waals surface area contributed by atoms with Crippen molar-refractivity contribution in [3.8, 4) is 0 Å². The van der Waals surface area contributed by atoms with Crippen LogP contribution in [0.25, 0.3) is 0 Å². The summed E-state index contributed by atoms with van der Waals surface area (Å²) < 4.78 is 26.3. The van der Waals surface area contributed by atoms with E-state index in [1.54, 1.807) is 39.8 Å². The zero-order valence-corrected chi connectivity index (χ0v) is 12.3. The zero-order chi connectivity index (χ0) is 14.8. The number of anilines is 1. The molecular weight excluding hydrogens is 266 g/mol. The third-order valence-electron chi connectivity index (χ3n) is 2.53. The zero-order valence-electron chi connectivity index (χ0n) is 11.4. The fraction of sp³-hybridized carbons (Fsp3) is 0.417. The van der Waals surface area contributed by atoms with Gasteiger partial charge in [0.2, 0.25) is 0 Å². The van der Waals surface area contributed by atoms with Crippen molar-refractivity contribution >= 4 is 21.7 Å². The van der Waals surface area contributed by atoms with Crippen molar-refractivity contribution in [3.63, 3.8) is 0 Å². The minimum atomic E-state index is -3.98. The average molecular weight is 285 g/mol. The lowest BCUT2D eigenvalue weighted by Gasteiger charge is -2.14. The molecule has 0 aromatic heterocycles. The van der Waals surface area contributed by atoms with E-state index in [0.29, 0.717) is 11.1 Å². The largest absolute Gasteiger partial charge is 0.397 e. The van der Waals surface area contributed by atoms with Gasteiger partial charge in [-0.3, -0.25) is 0 Å². The fourth-order valence-corrected chi connectivity index (χ4v) is 2.98. The van der Waals surface area contributed by atoms with Gasteiger partial charge in [0.05, 0.1) is 5.69 Å². The van der Waals surface area contributed by atoms with Crippen LogP contribution in [0.4, 0.5) is 10.5 Å². The van der Waals surface area contributed by atoms with E-state index in [2.05, 4.69) is 5.32 Å². The van der Waals surface area contributed by atoms with Crippen LogP contribution in [0.1, 0.15) is 25.0 Å². The van der Waals surface area contributed by atoms with Crippen LogP contribution in [0, 0.1) is 13.8 Å². The monoisotopic (exact) mass is 285 g/mol. The Bertz CT molecular complexity index is 594. The Morgan fingerprint density at radius 1 is 1.21 bits per heavy atom. The van der Waals surface area contributed by atoms with Gasteiger partial charge in [-0.25, -0.2) is 17.9 Å². The second-order valence-corrected chi connectivity index (χ2v) is 6.30. The summed E-state index contributed by atoms with van der Waals surface area (Å²) in [5, 5.41) is 2.45. The summed E-state index contributed by atoms with van der Waals surface area (Å²) >= 11 is 0. The summed E-state index contributed by atoms with van der Waals surface area (Å²) in [4.78, 5) is 11.5. The molecular formula is C12H19N3O3S. The molecule has 0 saturated heterocycles. The van der Waals surface area contributed by atoms with Crippen molar-refractivity contribution in [2.45, 2.75) is 38.6 Å². The molecule has 2 amide bonds. The highest BCUT2D eigenvalue weighted by atomic mass is 32.2. The molecule has 1 rings (SSSR count). The maximum absolute atomic E-state index is 12.2. The molecule has 0 fully saturated rings. The molecule has 0 spiro atoms. The summed E-state index contributed by atoms with van der Waals surface area (Å²) in [6.45, 7) is 6.81.